The van der Waals surface area contributed by atoms with Gasteiger partial charge >= 0.3 is 0 Å². The number of anilines is 1. The highest BCUT2D eigenvalue weighted by atomic mass is 32.1. The summed E-state index contributed by atoms with van der Waals surface area (Å²) in [6.45, 7) is 6.90. The smallest absolute Gasteiger partial charge is 0.142 e. The van der Waals surface area contributed by atoms with Crippen LogP contribution in [-0.2, 0) is 0 Å². The summed E-state index contributed by atoms with van der Waals surface area (Å²) in [6, 6.07) is 5.85. The molecule has 0 aliphatic carbocycles. The third-order valence-electron chi connectivity index (χ3n) is 2.45. The maximum Gasteiger partial charge on any atom is 0.142 e. The molecule has 0 aliphatic heterocycles. The predicted molar refractivity (Wildman–Crippen MR) is 77.0 cm³/mol. The number of nitrogen functional groups attached to an aromatic ring is 1. The minimum atomic E-state index is 0.491. The van der Waals surface area contributed by atoms with Crippen molar-refractivity contribution in [2.45, 2.75) is 20.8 Å². The average Bonchev–Trinajstić information content (AvgIpc) is 2.74. The van der Waals surface area contributed by atoms with Gasteiger partial charge < -0.3 is 10.5 Å². The molecule has 0 saturated carbocycles. The topological polar surface area (TPSA) is 48.1 Å². The molecular weight excluding hydrogens is 244 g/mol. The van der Waals surface area contributed by atoms with Gasteiger partial charge in [-0.2, -0.15) is 0 Å². The van der Waals surface area contributed by atoms with E-state index in [9.17, 15) is 0 Å². The van der Waals surface area contributed by atoms with Gasteiger partial charge in [0.2, 0.25) is 0 Å². The number of hydrogen-bond acceptors (Lipinski definition) is 4. The van der Waals surface area contributed by atoms with Crippen LogP contribution < -0.4 is 10.5 Å². The summed E-state index contributed by atoms with van der Waals surface area (Å²) in [7, 11) is 0. The number of aromatic nitrogens is 1. The maximum absolute atomic E-state index is 6.00. The SMILES string of the molecule is Cc1csc(-c2ccc(OCC(C)C)c(N)c2)n1. The lowest BCUT2D eigenvalue weighted by atomic mass is 10.2. The lowest BCUT2D eigenvalue weighted by molar-refractivity contribution is 0.272. The molecule has 96 valence electrons. The third kappa shape index (κ3) is 3.01. The summed E-state index contributed by atoms with van der Waals surface area (Å²) in [5.41, 5.74) is 8.75. The molecule has 0 saturated heterocycles. The largest absolute Gasteiger partial charge is 0.491 e. The van der Waals surface area contributed by atoms with Crippen LogP contribution in [-0.4, -0.2) is 11.6 Å². The molecule has 0 radical (unpaired) electrons. The second-order valence-electron chi connectivity index (χ2n) is 4.75. The van der Waals surface area contributed by atoms with Crippen LogP contribution in [0.1, 0.15) is 19.5 Å². The van der Waals surface area contributed by atoms with Crippen molar-refractivity contribution in [2.75, 3.05) is 12.3 Å². The van der Waals surface area contributed by atoms with Crippen LogP contribution in [0.25, 0.3) is 10.6 Å². The number of hydrogen-bond donors (Lipinski definition) is 1. The Kier molecular flexibility index (Phi) is 3.87. The zero-order valence-corrected chi connectivity index (χ0v) is 11.8. The Morgan fingerprint density at radius 3 is 2.72 bits per heavy atom. The van der Waals surface area contributed by atoms with Crippen LogP contribution in [0.4, 0.5) is 5.69 Å². The van der Waals surface area contributed by atoms with Crippen molar-refractivity contribution < 1.29 is 4.74 Å². The molecule has 2 aromatic rings. The first-order valence-corrected chi connectivity index (χ1v) is 6.89. The molecule has 0 unspecified atom stereocenters. The first kappa shape index (κ1) is 12.9. The van der Waals surface area contributed by atoms with Crippen LogP contribution >= 0.6 is 11.3 Å². The lowest BCUT2D eigenvalue weighted by Gasteiger charge is -2.11. The molecule has 1 aromatic heterocycles. The Morgan fingerprint density at radius 2 is 2.17 bits per heavy atom. The molecule has 3 nitrogen and oxygen atoms in total. The highest BCUT2D eigenvalue weighted by Crippen LogP contribution is 2.30. The van der Waals surface area contributed by atoms with E-state index in [0.717, 1.165) is 22.0 Å². The van der Waals surface area contributed by atoms with E-state index in [2.05, 4.69) is 18.8 Å². The fourth-order valence-corrected chi connectivity index (χ4v) is 2.35. The Bertz CT molecular complexity index is 534. The van der Waals surface area contributed by atoms with Crippen molar-refractivity contribution in [3.63, 3.8) is 0 Å². The molecule has 0 fully saturated rings. The van der Waals surface area contributed by atoms with Crippen LogP contribution in [0, 0.1) is 12.8 Å². The number of nitrogens with two attached hydrogens (primary N) is 1. The molecule has 0 amide bonds. The summed E-state index contributed by atoms with van der Waals surface area (Å²) in [5.74, 6) is 1.24. The van der Waals surface area contributed by atoms with Gasteiger partial charge in [0.25, 0.3) is 0 Å². The van der Waals surface area contributed by atoms with Crippen molar-refractivity contribution in [3.05, 3.63) is 29.3 Å². The van der Waals surface area contributed by atoms with Crippen molar-refractivity contribution in [2.24, 2.45) is 5.92 Å². The zero-order valence-electron chi connectivity index (χ0n) is 10.9. The molecule has 0 aliphatic rings. The lowest BCUT2D eigenvalue weighted by Crippen LogP contribution is -2.06. The normalized spacial score (nSPS) is 10.9. The number of ether oxygens (including phenoxy) is 1. The Hall–Kier alpha value is -1.55. The van der Waals surface area contributed by atoms with Gasteiger partial charge in [0.15, 0.2) is 0 Å². The maximum atomic E-state index is 6.00. The monoisotopic (exact) mass is 262 g/mol. The second kappa shape index (κ2) is 5.40. The first-order valence-electron chi connectivity index (χ1n) is 6.01. The summed E-state index contributed by atoms with van der Waals surface area (Å²) >= 11 is 1.63. The zero-order chi connectivity index (χ0) is 13.1. The quantitative estimate of drug-likeness (QED) is 0.854. The fourth-order valence-electron chi connectivity index (χ4n) is 1.56. The van der Waals surface area contributed by atoms with Gasteiger partial charge in [0.05, 0.1) is 12.3 Å². The van der Waals surface area contributed by atoms with Crippen molar-refractivity contribution >= 4 is 17.0 Å². The fraction of sp³-hybridized carbons (Fsp3) is 0.357. The average molecular weight is 262 g/mol. The van der Waals surface area contributed by atoms with E-state index in [-0.39, 0.29) is 0 Å². The van der Waals surface area contributed by atoms with E-state index >= 15 is 0 Å². The van der Waals surface area contributed by atoms with E-state index in [1.165, 1.54) is 0 Å². The number of thiazole rings is 1. The molecule has 18 heavy (non-hydrogen) atoms. The van der Waals surface area contributed by atoms with Crippen molar-refractivity contribution in [1.82, 2.24) is 4.98 Å². The van der Waals surface area contributed by atoms with Crippen molar-refractivity contribution in [3.8, 4) is 16.3 Å². The number of aryl methyl sites for hydroxylation is 1. The van der Waals surface area contributed by atoms with E-state index in [4.69, 9.17) is 10.5 Å². The Labute approximate surface area is 112 Å². The summed E-state index contributed by atoms with van der Waals surface area (Å²) in [4.78, 5) is 4.45. The summed E-state index contributed by atoms with van der Waals surface area (Å²) in [6.07, 6.45) is 0. The molecular formula is C14H18N2OS. The standard InChI is InChI=1S/C14H18N2OS/c1-9(2)7-17-13-5-4-11(6-12(13)15)14-16-10(3)8-18-14/h4-6,8-9H,7,15H2,1-3H3. The molecule has 0 bridgehead atoms. The van der Waals surface area contributed by atoms with E-state index in [0.29, 0.717) is 18.2 Å². The van der Waals surface area contributed by atoms with Gasteiger partial charge in [-0.15, -0.1) is 11.3 Å². The minimum Gasteiger partial charge on any atom is -0.491 e. The van der Waals surface area contributed by atoms with Gasteiger partial charge in [-0.25, -0.2) is 4.98 Å². The molecule has 0 spiro atoms. The Balaban J connectivity index is 2.19. The summed E-state index contributed by atoms with van der Waals surface area (Å²) < 4.78 is 5.65. The number of rotatable bonds is 4. The van der Waals surface area contributed by atoms with Gasteiger partial charge in [-0.3, -0.25) is 0 Å². The highest BCUT2D eigenvalue weighted by Gasteiger charge is 2.07. The minimum absolute atomic E-state index is 0.491. The highest BCUT2D eigenvalue weighted by molar-refractivity contribution is 7.13. The van der Waals surface area contributed by atoms with Gasteiger partial charge in [0.1, 0.15) is 10.8 Å². The first-order chi connectivity index (χ1) is 8.56. The third-order valence-corrected chi connectivity index (χ3v) is 3.46. The number of benzene rings is 1. The molecule has 1 heterocycles. The molecule has 0 atom stereocenters. The Morgan fingerprint density at radius 1 is 1.39 bits per heavy atom. The predicted octanol–water partition coefficient (Wildman–Crippen LogP) is 3.74. The summed E-state index contributed by atoms with van der Waals surface area (Å²) in [5, 5.41) is 3.03. The van der Waals surface area contributed by atoms with Gasteiger partial charge in [-0.1, -0.05) is 13.8 Å². The van der Waals surface area contributed by atoms with Gasteiger partial charge in [-0.05, 0) is 31.0 Å². The molecule has 2 rings (SSSR count). The van der Waals surface area contributed by atoms with E-state index in [1.807, 2.05) is 30.5 Å². The molecule has 1 aromatic carbocycles. The number of nitrogens with zero attached hydrogens (tertiary/aromatic N) is 1. The van der Waals surface area contributed by atoms with Crippen LogP contribution in [0.2, 0.25) is 0 Å². The van der Waals surface area contributed by atoms with E-state index < -0.39 is 0 Å². The van der Waals surface area contributed by atoms with Crippen molar-refractivity contribution in [1.29, 1.82) is 0 Å². The van der Waals surface area contributed by atoms with E-state index in [1.54, 1.807) is 11.3 Å². The second-order valence-corrected chi connectivity index (χ2v) is 5.61. The molecule has 4 heteroatoms. The van der Waals surface area contributed by atoms with Gasteiger partial charge in [0, 0.05) is 16.6 Å². The van der Waals surface area contributed by atoms with Crippen LogP contribution in [0.5, 0.6) is 5.75 Å². The molecule has 2 N–H and O–H groups in total. The van der Waals surface area contributed by atoms with Crippen LogP contribution in [0.3, 0.4) is 0 Å². The van der Waals surface area contributed by atoms with Crippen LogP contribution in [0.15, 0.2) is 23.6 Å².